The average Bonchev–Trinajstić information content (AvgIpc) is 3.39. The molecule has 2 N–H and O–H groups in total. The first-order chi connectivity index (χ1) is 14.2. The minimum absolute atomic E-state index is 0.310. The Morgan fingerprint density at radius 1 is 1.21 bits per heavy atom. The van der Waals surface area contributed by atoms with E-state index in [0.717, 1.165) is 60.8 Å². The summed E-state index contributed by atoms with van der Waals surface area (Å²) in [6, 6.07) is 3.98. The average molecular weight is 400 g/mol. The molecular weight excluding hydrogens is 366 g/mol. The van der Waals surface area contributed by atoms with Crippen molar-refractivity contribution >= 4 is 5.96 Å². The summed E-state index contributed by atoms with van der Waals surface area (Å²) >= 11 is 0. The molecule has 1 aliphatic rings. The third-order valence-electron chi connectivity index (χ3n) is 5.19. The number of aryl methyl sites for hydroxylation is 2. The highest BCUT2D eigenvalue weighted by Gasteiger charge is 2.17. The first-order valence-corrected chi connectivity index (χ1v) is 10.8. The lowest BCUT2D eigenvalue weighted by molar-refractivity contribution is 0.201. The number of pyridine rings is 1. The van der Waals surface area contributed by atoms with Crippen LogP contribution in [0.15, 0.2) is 27.8 Å². The zero-order valence-corrected chi connectivity index (χ0v) is 17.8. The van der Waals surface area contributed by atoms with Crippen molar-refractivity contribution in [3.05, 3.63) is 40.9 Å². The molecule has 1 aliphatic carbocycles. The highest BCUT2D eigenvalue weighted by Crippen LogP contribution is 2.23. The maximum atomic E-state index is 6.01. The number of hydrogen-bond acceptors (Lipinski definition) is 5. The molecule has 2 heterocycles. The van der Waals surface area contributed by atoms with Crippen LogP contribution in [0.1, 0.15) is 69.0 Å². The van der Waals surface area contributed by atoms with Crippen LogP contribution in [-0.2, 0) is 25.9 Å². The molecule has 0 saturated heterocycles. The monoisotopic (exact) mass is 399 g/mol. The van der Waals surface area contributed by atoms with E-state index < -0.39 is 0 Å². The highest BCUT2D eigenvalue weighted by molar-refractivity contribution is 5.79. The van der Waals surface area contributed by atoms with Gasteiger partial charge >= 0.3 is 0 Å². The number of hydrogen-bond donors (Lipinski definition) is 2. The Labute approximate surface area is 173 Å². The zero-order valence-electron chi connectivity index (χ0n) is 17.8. The summed E-state index contributed by atoms with van der Waals surface area (Å²) in [5.41, 5.74) is 3.23. The second kappa shape index (κ2) is 10.8. The number of aromatic nitrogens is 2. The molecule has 158 valence electrons. The van der Waals surface area contributed by atoms with Crippen molar-refractivity contribution in [2.45, 2.75) is 78.5 Å². The summed E-state index contributed by atoms with van der Waals surface area (Å²) in [5, 5.41) is 10.9. The van der Waals surface area contributed by atoms with Gasteiger partial charge < -0.3 is 19.9 Å². The van der Waals surface area contributed by atoms with E-state index in [1.165, 1.54) is 12.8 Å². The molecule has 2 aromatic rings. The van der Waals surface area contributed by atoms with Gasteiger partial charge in [0.05, 0.1) is 12.2 Å². The minimum Gasteiger partial charge on any atom is -0.474 e. The van der Waals surface area contributed by atoms with Crippen LogP contribution in [0, 0.1) is 0 Å². The minimum atomic E-state index is 0.310. The molecule has 0 spiro atoms. The van der Waals surface area contributed by atoms with Crippen molar-refractivity contribution in [2.75, 3.05) is 6.54 Å². The fraction of sp³-hybridized carbons (Fsp3) is 0.591. The predicted octanol–water partition coefficient (Wildman–Crippen LogP) is 3.77. The molecule has 1 saturated carbocycles. The maximum absolute atomic E-state index is 6.01. The molecule has 0 bridgehead atoms. The van der Waals surface area contributed by atoms with Gasteiger partial charge in [-0.15, -0.1) is 0 Å². The van der Waals surface area contributed by atoms with E-state index in [4.69, 9.17) is 14.3 Å². The van der Waals surface area contributed by atoms with Crippen molar-refractivity contribution < 1.29 is 9.26 Å². The van der Waals surface area contributed by atoms with Crippen molar-refractivity contribution in [2.24, 2.45) is 4.99 Å². The summed E-state index contributed by atoms with van der Waals surface area (Å²) in [6.07, 6.45) is 8.54. The highest BCUT2D eigenvalue weighted by atomic mass is 16.5. The van der Waals surface area contributed by atoms with Gasteiger partial charge in [0.1, 0.15) is 11.9 Å². The fourth-order valence-electron chi connectivity index (χ4n) is 3.61. The SMILES string of the molecule is CCNC(=NCc1ccnc(OC2CCCC2)c1)NCc1c(CC)noc1CC. The van der Waals surface area contributed by atoms with Gasteiger partial charge in [-0.05, 0) is 50.7 Å². The van der Waals surface area contributed by atoms with Crippen LogP contribution in [0.5, 0.6) is 5.88 Å². The van der Waals surface area contributed by atoms with E-state index in [0.29, 0.717) is 25.1 Å². The molecule has 0 atom stereocenters. The van der Waals surface area contributed by atoms with Crippen molar-refractivity contribution in [3.63, 3.8) is 0 Å². The Kier molecular flexibility index (Phi) is 7.90. The van der Waals surface area contributed by atoms with Gasteiger partial charge in [0, 0.05) is 37.3 Å². The first-order valence-electron chi connectivity index (χ1n) is 10.8. The van der Waals surface area contributed by atoms with Gasteiger partial charge in [-0.3, -0.25) is 0 Å². The number of aliphatic imine (C=N–C) groups is 1. The normalized spacial score (nSPS) is 14.9. The number of ether oxygens (including phenoxy) is 1. The van der Waals surface area contributed by atoms with Crippen LogP contribution in [0.2, 0.25) is 0 Å². The molecule has 29 heavy (non-hydrogen) atoms. The van der Waals surface area contributed by atoms with Crippen LogP contribution in [0.25, 0.3) is 0 Å². The van der Waals surface area contributed by atoms with Crippen LogP contribution >= 0.6 is 0 Å². The number of guanidine groups is 1. The summed E-state index contributed by atoms with van der Waals surface area (Å²) in [4.78, 5) is 9.08. The van der Waals surface area contributed by atoms with Gasteiger partial charge in [-0.25, -0.2) is 9.98 Å². The van der Waals surface area contributed by atoms with Crippen LogP contribution in [0.4, 0.5) is 0 Å². The summed E-state index contributed by atoms with van der Waals surface area (Å²) in [5.74, 6) is 2.41. The molecule has 0 aromatic carbocycles. The number of rotatable bonds is 9. The Balaban J connectivity index is 1.62. The van der Waals surface area contributed by atoms with E-state index >= 15 is 0 Å². The van der Waals surface area contributed by atoms with Crippen LogP contribution < -0.4 is 15.4 Å². The molecule has 1 fully saturated rings. The second-order valence-electron chi connectivity index (χ2n) is 7.31. The van der Waals surface area contributed by atoms with Gasteiger partial charge in [-0.1, -0.05) is 19.0 Å². The number of nitrogens with zero attached hydrogens (tertiary/aromatic N) is 3. The molecule has 0 amide bonds. The predicted molar refractivity (Wildman–Crippen MR) is 114 cm³/mol. The summed E-state index contributed by atoms with van der Waals surface area (Å²) in [7, 11) is 0. The third kappa shape index (κ3) is 5.95. The second-order valence-corrected chi connectivity index (χ2v) is 7.31. The topological polar surface area (TPSA) is 84.6 Å². The standard InChI is InChI=1S/C22H33N5O2/c1-4-19-18(20(5-2)29-27-19)15-26-22(23-6-3)25-14-16-11-12-24-21(13-16)28-17-9-7-8-10-17/h11-13,17H,4-10,14-15H2,1-3H3,(H2,23,25,26). The van der Waals surface area contributed by atoms with Gasteiger partial charge in [-0.2, -0.15) is 0 Å². The zero-order chi connectivity index (χ0) is 20.5. The summed E-state index contributed by atoms with van der Waals surface area (Å²) in [6.45, 7) is 8.23. The maximum Gasteiger partial charge on any atom is 0.213 e. The van der Waals surface area contributed by atoms with Crippen LogP contribution in [0.3, 0.4) is 0 Å². The van der Waals surface area contributed by atoms with E-state index in [-0.39, 0.29) is 0 Å². The molecule has 7 nitrogen and oxygen atoms in total. The lowest BCUT2D eigenvalue weighted by Crippen LogP contribution is -2.37. The smallest absolute Gasteiger partial charge is 0.213 e. The van der Waals surface area contributed by atoms with E-state index in [1.807, 2.05) is 12.1 Å². The fourth-order valence-corrected chi connectivity index (χ4v) is 3.61. The molecule has 3 rings (SSSR count). The lowest BCUT2D eigenvalue weighted by Gasteiger charge is -2.13. The van der Waals surface area contributed by atoms with Crippen molar-refractivity contribution in [3.8, 4) is 5.88 Å². The quantitative estimate of drug-likeness (QED) is 0.493. The van der Waals surface area contributed by atoms with E-state index in [2.05, 4.69) is 41.5 Å². The van der Waals surface area contributed by atoms with Gasteiger partial charge in [0.2, 0.25) is 5.88 Å². The molecular formula is C22H33N5O2. The Morgan fingerprint density at radius 3 is 2.76 bits per heavy atom. The summed E-state index contributed by atoms with van der Waals surface area (Å²) < 4.78 is 11.5. The van der Waals surface area contributed by atoms with Crippen molar-refractivity contribution in [1.29, 1.82) is 0 Å². The Bertz CT molecular complexity index is 775. The van der Waals surface area contributed by atoms with Gasteiger partial charge in [0.25, 0.3) is 0 Å². The van der Waals surface area contributed by atoms with E-state index in [1.54, 1.807) is 6.20 Å². The Hall–Kier alpha value is -2.57. The molecule has 0 aliphatic heterocycles. The molecule has 7 heteroatoms. The van der Waals surface area contributed by atoms with Gasteiger partial charge in [0.15, 0.2) is 5.96 Å². The van der Waals surface area contributed by atoms with Crippen LogP contribution in [-0.4, -0.2) is 28.7 Å². The number of nitrogens with one attached hydrogen (secondary N) is 2. The first kappa shape index (κ1) is 21.1. The largest absolute Gasteiger partial charge is 0.474 e. The lowest BCUT2D eigenvalue weighted by atomic mass is 10.1. The van der Waals surface area contributed by atoms with Crippen molar-refractivity contribution in [1.82, 2.24) is 20.8 Å². The third-order valence-corrected chi connectivity index (χ3v) is 5.19. The molecule has 2 aromatic heterocycles. The van der Waals surface area contributed by atoms with E-state index in [9.17, 15) is 0 Å². The molecule has 0 unspecified atom stereocenters. The molecule has 0 radical (unpaired) electrons. The Morgan fingerprint density at radius 2 is 2.03 bits per heavy atom.